The van der Waals surface area contributed by atoms with Gasteiger partial charge in [-0.3, -0.25) is 14.5 Å². The van der Waals surface area contributed by atoms with Crippen molar-refractivity contribution < 1.29 is 9.59 Å². The van der Waals surface area contributed by atoms with Crippen LogP contribution in [0.2, 0.25) is 0 Å². The third kappa shape index (κ3) is 4.88. The molecule has 1 atom stereocenters. The quantitative estimate of drug-likeness (QED) is 0.164. The summed E-state index contributed by atoms with van der Waals surface area (Å²) in [5.74, 6) is -0.0840. The molecular weight excluding hydrogens is 689 g/mol. The molecule has 0 radical (unpaired) electrons. The Labute approximate surface area is 245 Å². The molecule has 0 bridgehead atoms. The molecule has 0 spiro atoms. The highest BCUT2D eigenvalue weighted by atomic mass is 127. The number of benzene rings is 1. The highest BCUT2D eigenvalue weighted by Gasteiger charge is 2.43. The normalized spacial score (nSPS) is 16.5. The lowest BCUT2D eigenvalue weighted by atomic mass is 9.93. The minimum Gasteiger partial charge on any atom is -0.274 e. The first-order chi connectivity index (χ1) is 17.4. The van der Waals surface area contributed by atoms with E-state index in [2.05, 4.69) is 73.3 Å². The van der Waals surface area contributed by atoms with E-state index in [4.69, 9.17) is 0 Å². The number of carbonyl (C=O) groups is 2. The second kappa shape index (κ2) is 11.3. The molecule has 1 unspecified atom stereocenters. The van der Waals surface area contributed by atoms with E-state index >= 15 is 0 Å². The minimum atomic E-state index is -0.199. The first kappa shape index (κ1) is 26.5. The van der Waals surface area contributed by atoms with Crippen LogP contribution in [0.5, 0.6) is 0 Å². The molecule has 0 aliphatic carbocycles. The van der Waals surface area contributed by atoms with E-state index in [0.717, 1.165) is 77.9 Å². The topological polar surface area (TPSA) is 63.2 Å². The lowest BCUT2D eigenvalue weighted by molar-refractivity contribution is 0.0622. The van der Waals surface area contributed by atoms with Crippen molar-refractivity contribution >= 4 is 101 Å². The van der Waals surface area contributed by atoms with E-state index in [1.165, 1.54) is 4.90 Å². The first-order valence-corrected chi connectivity index (χ1v) is 16.4. The molecule has 4 heterocycles. The third-order valence-electron chi connectivity index (χ3n) is 6.59. The van der Waals surface area contributed by atoms with Crippen LogP contribution in [0.4, 0.5) is 0 Å². The molecular formula is C26H25BrIN3O2S3. The Kier molecular flexibility index (Phi) is 8.36. The summed E-state index contributed by atoms with van der Waals surface area (Å²) in [6, 6.07) is 3.96. The number of aromatic nitrogens is 2. The van der Waals surface area contributed by atoms with E-state index in [1.54, 1.807) is 23.1 Å². The summed E-state index contributed by atoms with van der Waals surface area (Å²) in [7, 11) is 0. The molecule has 36 heavy (non-hydrogen) atoms. The highest BCUT2D eigenvalue weighted by molar-refractivity contribution is 14.1. The second-order valence-electron chi connectivity index (χ2n) is 9.00. The summed E-state index contributed by atoms with van der Waals surface area (Å²) in [6.07, 6.45) is 10.4. The maximum absolute atomic E-state index is 14.1. The number of allylic oxidation sites excluding steroid dienone is 2. The van der Waals surface area contributed by atoms with Crippen molar-refractivity contribution in [3.63, 3.8) is 0 Å². The Bertz CT molecular complexity index is 1410. The third-order valence-corrected chi connectivity index (χ3v) is 10.8. The summed E-state index contributed by atoms with van der Waals surface area (Å²) in [6.45, 7) is 4.81. The average molecular weight is 715 g/mol. The first-order valence-electron chi connectivity index (χ1n) is 12.1. The SMILES string of the molecule is CCCCC(CCC)CN1C(=O)c2c(c(-c3ccc(Br)s3)c3nsnc3c2C2=CCC=C(I)S2)C1=O. The molecule has 0 N–H and O–H groups in total. The Morgan fingerprint density at radius 3 is 2.36 bits per heavy atom. The molecule has 3 aromatic rings. The lowest BCUT2D eigenvalue weighted by Crippen LogP contribution is -2.34. The van der Waals surface area contributed by atoms with Crippen LogP contribution in [0.15, 0.2) is 31.0 Å². The maximum atomic E-state index is 14.1. The molecule has 188 valence electrons. The number of carbonyl (C=O) groups excluding carboxylic acids is 2. The van der Waals surface area contributed by atoms with Gasteiger partial charge in [0.15, 0.2) is 0 Å². The zero-order chi connectivity index (χ0) is 25.4. The number of imide groups is 1. The van der Waals surface area contributed by atoms with Crippen LogP contribution in [0.3, 0.4) is 0 Å². The number of fused-ring (bicyclic) bond motifs is 2. The van der Waals surface area contributed by atoms with Crippen molar-refractivity contribution in [3.05, 3.63) is 47.7 Å². The number of halogens is 2. The predicted molar refractivity (Wildman–Crippen MR) is 164 cm³/mol. The minimum absolute atomic E-state index is 0.194. The van der Waals surface area contributed by atoms with Crippen LogP contribution < -0.4 is 0 Å². The maximum Gasteiger partial charge on any atom is 0.262 e. The summed E-state index contributed by atoms with van der Waals surface area (Å²) in [4.78, 5) is 31.6. The van der Waals surface area contributed by atoms with Crippen LogP contribution in [0, 0.1) is 5.92 Å². The smallest absolute Gasteiger partial charge is 0.262 e. The average Bonchev–Trinajstić information content (AvgIpc) is 3.57. The van der Waals surface area contributed by atoms with Crippen LogP contribution in [0.1, 0.15) is 78.7 Å². The van der Waals surface area contributed by atoms with Gasteiger partial charge in [0.1, 0.15) is 11.0 Å². The van der Waals surface area contributed by atoms with Gasteiger partial charge < -0.3 is 0 Å². The molecule has 5 nitrogen and oxygen atoms in total. The zero-order valence-corrected chi connectivity index (χ0v) is 26.2. The van der Waals surface area contributed by atoms with Crippen molar-refractivity contribution in [1.29, 1.82) is 0 Å². The van der Waals surface area contributed by atoms with Gasteiger partial charge in [-0.25, -0.2) is 0 Å². The van der Waals surface area contributed by atoms with Crippen molar-refractivity contribution in [2.24, 2.45) is 5.92 Å². The molecule has 2 aromatic heterocycles. The van der Waals surface area contributed by atoms with E-state index in [1.807, 2.05) is 12.1 Å². The van der Waals surface area contributed by atoms with Crippen molar-refractivity contribution in [1.82, 2.24) is 13.6 Å². The number of thioether (sulfide) groups is 1. The number of nitrogens with zero attached hydrogens (tertiary/aromatic N) is 3. The number of rotatable bonds is 9. The Hall–Kier alpha value is -1.08. The molecule has 10 heteroatoms. The number of hydrogen-bond donors (Lipinski definition) is 0. The van der Waals surface area contributed by atoms with Gasteiger partial charge >= 0.3 is 0 Å². The number of amides is 2. The molecule has 2 aliphatic heterocycles. The van der Waals surface area contributed by atoms with Crippen molar-refractivity contribution in [3.8, 4) is 10.4 Å². The second-order valence-corrected chi connectivity index (χ2v) is 15.0. The molecule has 0 saturated carbocycles. The monoisotopic (exact) mass is 713 g/mol. The standard InChI is InChI=1S/C26H25BrIN3O2S3/c1-3-5-8-14(7-4-2)13-31-25(32)21-19(15-9-6-10-18(28)35-15)23-24(30-36-29-23)20(22(21)26(31)33)16-11-12-17(27)34-16/h9-12,14H,3-8,13H2,1-2H3. The van der Waals surface area contributed by atoms with Crippen molar-refractivity contribution in [2.45, 2.75) is 52.4 Å². The molecule has 2 amide bonds. The van der Waals surface area contributed by atoms with Crippen LogP contribution in [0.25, 0.3) is 26.4 Å². The molecule has 1 aromatic carbocycles. The van der Waals surface area contributed by atoms with Crippen molar-refractivity contribution in [2.75, 3.05) is 6.54 Å². The van der Waals surface area contributed by atoms with Gasteiger partial charge in [0.2, 0.25) is 0 Å². The molecule has 5 rings (SSSR count). The van der Waals surface area contributed by atoms with Crippen LogP contribution in [-0.2, 0) is 0 Å². The van der Waals surface area contributed by atoms with E-state index in [-0.39, 0.29) is 11.8 Å². The Morgan fingerprint density at radius 2 is 1.72 bits per heavy atom. The van der Waals surface area contributed by atoms with Gasteiger partial charge in [0.25, 0.3) is 11.8 Å². The van der Waals surface area contributed by atoms with Gasteiger partial charge in [-0.15, -0.1) is 11.3 Å². The van der Waals surface area contributed by atoms with Gasteiger partial charge in [0, 0.05) is 30.4 Å². The fourth-order valence-corrected chi connectivity index (χ4v) is 8.81. The van der Waals surface area contributed by atoms with Gasteiger partial charge in [-0.2, -0.15) is 8.75 Å². The van der Waals surface area contributed by atoms with Gasteiger partial charge in [-0.05, 0) is 75.8 Å². The summed E-state index contributed by atoms with van der Waals surface area (Å²) in [5.41, 5.74) is 3.90. The van der Waals surface area contributed by atoms with E-state index < -0.39 is 0 Å². The predicted octanol–water partition coefficient (Wildman–Crippen LogP) is 9.14. The number of thiophene rings is 1. The highest BCUT2D eigenvalue weighted by Crippen LogP contribution is 2.50. The largest absolute Gasteiger partial charge is 0.274 e. The van der Waals surface area contributed by atoms with E-state index in [9.17, 15) is 9.59 Å². The summed E-state index contributed by atoms with van der Waals surface area (Å²) in [5, 5.41) is 0. The fraction of sp³-hybridized carbons (Fsp3) is 0.385. The van der Waals surface area contributed by atoms with Gasteiger partial charge in [0.05, 0.1) is 26.6 Å². The Morgan fingerprint density at radius 1 is 1.00 bits per heavy atom. The Balaban J connectivity index is 1.71. The number of hydrogen-bond acceptors (Lipinski definition) is 7. The number of unbranched alkanes of at least 4 members (excludes halogenated alkanes) is 1. The lowest BCUT2D eigenvalue weighted by Gasteiger charge is -2.22. The fourth-order valence-electron chi connectivity index (χ4n) is 4.97. The zero-order valence-electron chi connectivity index (χ0n) is 20.0. The van der Waals surface area contributed by atoms with E-state index in [0.29, 0.717) is 34.6 Å². The van der Waals surface area contributed by atoms with Gasteiger partial charge in [-0.1, -0.05) is 57.0 Å². The van der Waals surface area contributed by atoms with Crippen LogP contribution >= 0.6 is 73.3 Å². The molecule has 0 saturated heterocycles. The van der Waals surface area contributed by atoms with Crippen LogP contribution in [-0.4, -0.2) is 32.0 Å². The summed E-state index contributed by atoms with van der Waals surface area (Å²) >= 11 is 10.2. The molecule has 0 fully saturated rings. The molecule has 2 aliphatic rings. The summed E-state index contributed by atoms with van der Waals surface area (Å²) < 4.78 is 11.4.